The van der Waals surface area contributed by atoms with Gasteiger partial charge < -0.3 is 10.2 Å². The van der Waals surface area contributed by atoms with Gasteiger partial charge in [0.2, 0.25) is 5.91 Å². The second-order valence-electron chi connectivity index (χ2n) is 7.50. The summed E-state index contributed by atoms with van der Waals surface area (Å²) in [5.74, 6) is -0.351. The first-order chi connectivity index (χ1) is 14.0. The Hall–Kier alpha value is -2.96. The van der Waals surface area contributed by atoms with E-state index >= 15 is 0 Å². The molecular weight excluding hydrogens is 368 g/mol. The van der Waals surface area contributed by atoms with E-state index in [1.807, 2.05) is 36.1 Å². The lowest BCUT2D eigenvalue weighted by Gasteiger charge is -2.35. The SMILES string of the molecule is CC[C@@H]1CCCCN1C(=O)CCn1nc(C(=O)Nc2ccc(C)cc2)ccc1=O. The van der Waals surface area contributed by atoms with Crippen LogP contribution in [0.2, 0.25) is 0 Å². The molecule has 29 heavy (non-hydrogen) atoms. The van der Waals surface area contributed by atoms with Crippen molar-refractivity contribution in [3.63, 3.8) is 0 Å². The maximum Gasteiger partial charge on any atom is 0.276 e. The number of hydrogen-bond acceptors (Lipinski definition) is 4. The molecule has 0 unspecified atom stereocenters. The summed E-state index contributed by atoms with van der Waals surface area (Å²) in [5.41, 5.74) is 1.57. The Labute approximate surface area is 170 Å². The van der Waals surface area contributed by atoms with Crippen molar-refractivity contribution in [3.05, 3.63) is 58.0 Å². The lowest BCUT2D eigenvalue weighted by molar-refractivity contribution is -0.135. The predicted molar refractivity (Wildman–Crippen MR) is 112 cm³/mol. The van der Waals surface area contributed by atoms with E-state index in [-0.39, 0.29) is 36.2 Å². The second-order valence-corrected chi connectivity index (χ2v) is 7.50. The summed E-state index contributed by atoms with van der Waals surface area (Å²) in [6.45, 7) is 5.00. The maximum absolute atomic E-state index is 12.6. The van der Waals surface area contributed by atoms with E-state index in [1.54, 1.807) is 0 Å². The first kappa shape index (κ1) is 20.8. The molecule has 0 aliphatic carbocycles. The lowest BCUT2D eigenvalue weighted by Crippen LogP contribution is -2.44. The zero-order valence-corrected chi connectivity index (χ0v) is 17.1. The van der Waals surface area contributed by atoms with Crippen molar-refractivity contribution in [3.8, 4) is 0 Å². The number of benzene rings is 1. The lowest BCUT2D eigenvalue weighted by atomic mass is 9.99. The number of likely N-dealkylation sites (tertiary alicyclic amines) is 1. The van der Waals surface area contributed by atoms with E-state index in [4.69, 9.17) is 0 Å². The first-order valence-electron chi connectivity index (χ1n) is 10.2. The molecule has 2 amide bonds. The van der Waals surface area contributed by atoms with E-state index in [1.165, 1.54) is 16.8 Å². The van der Waals surface area contributed by atoms with Crippen molar-refractivity contribution in [1.29, 1.82) is 0 Å². The van der Waals surface area contributed by atoms with Crippen LogP contribution in [0.5, 0.6) is 0 Å². The molecule has 1 aliphatic heterocycles. The largest absolute Gasteiger partial charge is 0.340 e. The molecule has 0 bridgehead atoms. The molecule has 1 N–H and O–H groups in total. The summed E-state index contributed by atoms with van der Waals surface area (Å²) >= 11 is 0. The van der Waals surface area contributed by atoms with Crippen molar-refractivity contribution < 1.29 is 9.59 Å². The average Bonchev–Trinajstić information content (AvgIpc) is 2.74. The van der Waals surface area contributed by atoms with Crippen molar-refractivity contribution >= 4 is 17.5 Å². The molecule has 0 spiro atoms. The number of aryl methyl sites for hydroxylation is 2. The van der Waals surface area contributed by atoms with Gasteiger partial charge in [-0.25, -0.2) is 4.68 Å². The summed E-state index contributed by atoms with van der Waals surface area (Å²) in [4.78, 5) is 39.2. The van der Waals surface area contributed by atoms with E-state index in [9.17, 15) is 14.4 Å². The smallest absolute Gasteiger partial charge is 0.276 e. The Morgan fingerprint density at radius 2 is 1.90 bits per heavy atom. The van der Waals surface area contributed by atoms with Gasteiger partial charge in [0.15, 0.2) is 0 Å². The highest BCUT2D eigenvalue weighted by Crippen LogP contribution is 2.20. The number of amides is 2. The van der Waals surface area contributed by atoms with Crippen molar-refractivity contribution in [2.75, 3.05) is 11.9 Å². The fourth-order valence-corrected chi connectivity index (χ4v) is 3.66. The molecule has 1 atom stereocenters. The van der Waals surface area contributed by atoms with Crippen LogP contribution < -0.4 is 10.9 Å². The molecular formula is C22H28N4O3. The Morgan fingerprint density at radius 3 is 2.62 bits per heavy atom. The molecule has 7 heteroatoms. The molecule has 2 heterocycles. The molecule has 1 fully saturated rings. The monoisotopic (exact) mass is 396 g/mol. The number of piperidine rings is 1. The summed E-state index contributed by atoms with van der Waals surface area (Å²) < 4.78 is 1.20. The molecule has 0 radical (unpaired) electrons. The summed E-state index contributed by atoms with van der Waals surface area (Å²) in [6.07, 6.45) is 4.36. The standard InChI is InChI=1S/C22H28N4O3/c1-3-18-6-4-5-14-25(18)20(27)13-15-26-21(28)12-11-19(24-26)22(29)23-17-9-7-16(2)8-10-17/h7-12,18H,3-6,13-15H2,1-2H3,(H,23,29)/t18-/m1/s1. The van der Waals surface area contributed by atoms with Crippen LogP contribution in [0.1, 0.15) is 55.1 Å². The topological polar surface area (TPSA) is 84.3 Å². The quantitative estimate of drug-likeness (QED) is 0.814. The minimum absolute atomic E-state index is 0.0414. The third-order valence-corrected chi connectivity index (χ3v) is 5.36. The van der Waals surface area contributed by atoms with Crippen LogP contribution in [0.25, 0.3) is 0 Å². The molecule has 154 valence electrons. The van der Waals surface area contributed by atoms with Gasteiger partial charge in [-0.1, -0.05) is 24.6 Å². The fourth-order valence-electron chi connectivity index (χ4n) is 3.66. The van der Waals surface area contributed by atoms with E-state index in [0.29, 0.717) is 5.69 Å². The number of hydrogen-bond donors (Lipinski definition) is 1. The highest BCUT2D eigenvalue weighted by Gasteiger charge is 2.25. The van der Waals surface area contributed by atoms with Crippen molar-refractivity contribution in [2.45, 2.75) is 58.5 Å². The van der Waals surface area contributed by atoms with Crippen LogP contribution in [-0.2, 0) is 11.3 Å². The van der Waals surface area contributed by atoms with E-state index in [0.717, 1.165) is 37.8 Å². The van der Waals surface area contributed by atoms with Gasteiger partial charge in [0.25, 0.3) is 11.5 Å². The Bertz CT molecular complexity index is 920. The number of aromatic nitrogens is 2. The third-order valence-electron chi connectivity index (χ3n) is 5.36. The molecule has 7 nitrogen and oxygen atoms in total. The van der Waals surface area contributed by atoms with E-state index in [2.05, 4.69) is 17.3 Å². The normalized spacial score (nSPS) is 16.5. The van der Waals surface area contributed by atoms with Gasteiger partial charge in [0, 0.05) is 30.8 Å². The summed E-state index contributed by atoms with van der Waals surface area (Å²) in [5, 5.41) is 6.93. The van der Waals surface area contributed by atoms with Crippen LogP contribution in [-0.4, -0.2) is 39.1 Å². The molecule has 1 aromatic heterocycles. The molecule has 1 saturated heterocycles. The molecule has 2 aromatic rings. The van der Waals surface area contributed by atoms with Gasteiger partial charge in [-0.15, -0.1) is 0 Å². The number of carbonyl (C=O) groups is 2. The number of nitrogens with zero attached hydrogens (tertiary/aromatic N) is 3. The molecule has 1 aromatic carbocycles. The highest BCUT2D eigenvalue weighted by molar-refractivity contribution is 6.02. The van der Waals surface area contributed by atoms with Gasteiger partial charge in [-0.2, -0.15) is 5.10 Å². The van der Waals surface area contributed by atoms with Crippen LogP contribution in [0, 0.1) is 6.92 Å². The van der Waals surface area contributed by atoms with Crippen molar-refractivity contribution in [2.24, 2.45) is 0 Å². The maximum atomic E-state index is 12.6. The van der Waals surface area contributed by atoms with Gasteiger partial charge in [0.05, 0.1) is 6.54 Å². The Balaban J connectivity index is 1.65. The van der Waals surface area contributed by atoms with Gasteiger partial charge in [0.1, 0.15) is 5.69 Å². The average molecular weight is 396 g/mol. The Morgan fingerprint density at radius 1 is 1.14 bits per heavy atom. The van der Waals surface area contributed by atoms with Crippen molar-refractivity contribution in [1.82, 2.24) is 14.7 Å². The van der Waals surface area contributed by atoms with Gasteiger partial charge >= 0.3 is 0 Å². The number of nitrogens with one attached hydrogen (secondary N) is 1. The third kappa shape index (κ3) is 5.31. The molecule has 1 aliphatic rings. The second kappa shape index (κ2) is 9.49. The van der Waals surface area contributed by atoms with Crippen LogP contribution in [0.3, 0.4) is 0 Å². The zero-order chi connectivity index (χ0) is 20.8. The highest BCUT2D eigenvalue weighted by atomic mass is 16.2. The van der Waals surface area contributed by atoms with E-state index < -0.39 is 5.91 Å². The van der Waals surface area contributed by atoms with Gasteiger partial charge in [-0.3, -0.25) is 14.4 Å². The summed E-state index contributed by atoms with van der Waals surface area (Å²) in [7, 11) is 0. The number of carbonyl (C=O) groups excluding carboxylic acids is 2. The van der Waals surface area contributed by atoms with Crippen LogP contribution in [0.4, 0.5) is 5.69 Å². The molecule has 3 rings (SSSR count). The first-order valence-corrected chi connectivity index (χ1v) is 10.2. The predicted octanol–water partition coefficient (Wildman–Crippen LogP) is 2.99. The van der Waals surface area contributed by atoms with Crippen LogP contribution in [0.15, 0.2) is 41.2 Å². The number of anilines is 1. The zero-order valence-electron chi connectivity index (χ0n) is 17.1. The summed E-state index contributed by atoms with van der Waals surface area (Å²) in [6, 6.07) is 10.4. The van der Waals surface area contributed by atoms with Gasteiger partial charge in [-0.05, 0) is 50.8 Å². The minimum Gasteiger partial charge on any atom is -0.340 e. The van der Waals surface area contributed by atoms with Crippen LogP contribution >= 0.6 is 0 Å². The Kier molecular flexibility index (Phi) is 6.80. The number of rotatable bonds is 6. The fraction of sp³-hybridized carbons (Fsp3) is 0.455. The molecule has 0 saturated carbocycles. The minimum atomic E-state index is -0.393.